The fourth-order valence-corrected chi connectivity index (χ4v) is 3.43. The van der Waals surface area contributed by atoms with Gasteiger partial charge in [0.25, 0.3) is 0 Å². The molecule has 0 aliphatic rings. The molecular formula is C23H24O3. The molecule has 0 fully saturated rings. The van der Waals surface area contributed by atoms with Gasteiger partial charge in [-0.2, -0.15) is 0 Å². The summed E-state index contributed by atoms with van der Waals surface area (Å²) in [6.45, 7) is 6.03. The quantitative estimate of drug-likeness (QED) is 0.454. The lowest BCUT2D eigenvalue weighted by atomic mass is 9.90. The molecule has 0 spiro atoms. The molecule has 134 valence electrons. The molecule has 0 unspecified atom stereocenters. The maximum absolute atomic E-state index is 12.5. The topological polar surface area (TPSA) is 46.5 Å². The first kappa shape index (κ1) is 18.0. The van der Waals surface area contributed by atoms with E-state index < -0.39 is 5.97 Å². The number of phenolic OH excluding ortho intramolecular Hbond substituents is 1. The summed E-state index contributed by atoms with van der Waals surface area (Å²) in [7, 11) is 0. The van der Waals surface area contributed by atoms with Crippen LogP contribution in [0.5, 0.6) is 5.75 Å². The number of allylic oxidation sites excluding steroid dienone is 1. The largest absolute Gasteiger partial charge is 0.506 e. The van der Waals surface area contributed by atoms with Crippen LogP contribution in [-0.4, -0.2) is 17.7 Å². The first-order valence-corrected chi connectivity index (χ1v) is 9.10. The number of rotatable bonds is 5. The van der Waals surface area contributed by atoms with E-state index in [1.165, 1.54) is 0 Å². The van der Waals surface area contributed by atoms with Crippen molar-refractivity contribution in [3.63, 3.8) is 0 Å². The zero-order valence-corrected chi connectivity index (χ0v) is 15.5. The monoisotopic (exact) mass is 348 g/mol. The van der Waals surface area contributed by atoms with Gasteiger partial charge in [-0.3, -0.25) is 0 Å². The second-order valence-corrected chi connectivity index (χ2v) is 6.38. The van der Waals surface area contributed by atoms with Crippen molar-refractivity contribution in [3.05, 3.63) is 59.2 Å². The Morgan fingerprint density at radius 1 is 1.12 bits per heavy atom. The van der Waals surface area contributed by atoms with Gasteiger partial charge in [0.15, 0.2) is 0 Å². The number of carbonyl (C=O) groups excluding carboxylic acids is 1. The summed E-state index contributed by atoms with van der Waals surface area (Å²) in [5, 5.41) is 14.6. The van der Waals surface area contributed by atoms with E-state index in [1.807, 2.05) is 37.3 Å². The minimum Gasteiger partial charge on any atom is -0.506 e. The fourth-order valence-electron chi connectivity index (χ4n) is 3.43. The lowest BCUT2D eigenvalue weighted by Crippen LogP contribution is -2.09. The highest BCUT2D eigenvalue weighted by molar-refractivity contribution is 6.16. The fraction of sp³-hybridized carbons (Fsp3) is 0.261. The average Bonchev–Trinajstić information content (AvgIpc) is 2.64. The molecule has 3 aromatic carbocycles. The molecule has 3 rings (SSSR count). The lowest BCUT2D eigenvalue weighted by molar-refractivity contribution is 0.0522. The van der Waals surface area contributed by atoms with Crippen LogP contribution < -0.4 is 0 Å². The number of hydrogen-bond acceptors (Lipinski definition) is 3. The highest BCUT2D eigenvalue weighted by Gasteiger charge is 2.22. The van der Waals surface area contributed by atoms with Gasteiger partial charge in [0.2, 0.25) is 0 Å². The normalized spacial score (nSPS) is 11.5. The molecular weight excluding hydrogens is 324 g/mol. The number of fused-ring (bicyclic) bond motifs is 3. The van der Waals surface area contributed by atoms with E-state index in [-0.39, 0.29) is 17.9 Å². The van der Waals surface area contributed by atoms with Crippen LogP contribution in [0.1, 0.15) is 48.2 Å². The highest BCUT2D eigenvalue weighted by Crippen LogP contribution is 2.40. The van der Waals surface area contributed by atoms with Crippen LogP contribution in [-0.2, 0) is 4.74 Å². The Bertz CT molecular complexity index is 999. The van der Waals surface area contributed by atoms with Gasteiger partial charge in [-0.15, -0.1) is 0 Å². The van der Waals surface area contributed by atoms with Crippen molar-refractivity contribution in [2.24, 2.45) is 0 Å². The number of carbonyl (C=O) groups is 1. The number of benzene rings is 3. The van der Waals surface area contributed by atoms with Crippen molar-refractivity contribution in [1.29, 1.82) is 0 Å². The Labute approximate surface area is 153 Å². The average molecular weight is 348 g/mol. The molecule has 0 aliphatic heterocycles. The zero-order chi connectivity index (χ0) is 18.7. The minimum atomic E-state index is -0.484. The zero-order valence-electron chi connectivity index (χ0n) is 15.5. The second kappa shape index (κ2) is 7.61. The molecule has 26 heavy (non-hydrogen) atoms. The van der Waals surface area contributed by atoms with Crippen molar-refractivity contribution < 1.29 is 14.6 Å². The van der Waals surface area contributed by atoms with E-state index in [0.717, 1.165) is 40.1 Å². The molecule has 0 amide bonds. The van der Waals surface area contributed by atoms with Crippen LogP contribution in [0.25, 0.3) is 27.6 Å². The van der Waals surface area contributed by atoms with Crippen LogP contribution >= 0.6 is 0 Å². The van der Waals surface area contributed by atoms with E-state index in [4.69, 9.17) is 4.74 Å². The maximum atomic E-state index is 12.5. The van der Waals surface area contributed by atoms with Crippen LogP contribution in [0, 0.1) is 6.92 Å². The summed E-state index contributed by atoms with van der Waals surface area (Å²) >= 11 is 0. The maximum Gasteiger partial charge on any atom is 0.342 e. The Morgan fingerprint density at radius 2 is 1.88 bits per heavy atom. The van der Waals surface area contributed by atoms with Gasteiger partial charge in [-0.1, -0.05) is 61.9 Å². The van der Waals surface area contributed by atoms with Gasteiger partial charge in [-0.25, -0.2) is 4.79 Å². The van der Waals surface area contributed by atoms with Gasteiger partial charge in [0, 0.05) is 5.39 Å². The van der Waals surface area contributed by atoms with Crippen LogP contribution in [0.3, 0.4) is 0 Å². The Morgan fingerprint density at radius 3 is 2.62 bits per heavy atom. The molecule has 3 aromatic rings. The van der Waals surface area contributed by atoms with Crippen molar-refractivity contribution in [3.8, 4) is 5.75 Å². The van der Waals surface area contributed by atoms with Gasteiger partial charge in [0.05, 0.1) is 6.61 Å². The number of phenols is 1. The molecule has 0 aromatic heterocycles. The van der Waals surface area contributed by atoms with E-state index in [0.29, 0.717) is 5.39 Å². The minimum absolute atomic E-state index is 0.000363. The molecule has 0 radical (unpaired) electrons. The van der Waals surface area contributed by atoms with Gasteiger partial charge in [0.1, 0.15) is 11.3 Å². The summed E-state index contributed by atoms with van der Waals surface area (Å²) in [6, 6.07) is 12.0. The van der Waals surface area contributed by atoms with Crippen molar-refractivity contribution in [2.45, 2.75) is 33.6 Å². The first-order valence-electron chi connectivity index (χ1n) is 9.10. The number of aromatic hydroxyl groups is 1. The smallest absolute Gasteiger partial charge is 0.342 e. The molecule has 0 bridgehead atoms. The van der Waals surface area contributed by atoms with E-state index in [2.05, 4.69) is 25.1 Å². The van der Waals surface area contributed by atoms with E-state index in [1.54, 1.807) is 6.92 Å². The molecule has 0 saturated carbocycles. The standard InChI is InChI=1S/C23H24O3/c1-4-6-7-11-17-15(3)20(23(25)26-5-2)22(24)21-18-12-9-8-10-16(18)13-14-19(17)21/h7-14,24H,4-6H2,1-3H3/b11-7+. The lowest BCUT2D eigenvalue weighted by Gasteiger charge is -2.16. The molecule has 0 atom stereocenters. The molecule has 0 saturated heterocycles. The number of esters is 1. The highest BCUT2D eigenvalue weighted by atomic mass is 16.5. The molecule has 3 heteroatoms. The Balaban J connectivity index is 2.43. The number of hydrogen-bond donors (Lipinski definition) is 1. The third-order valence-electron chi connectivity index (χ3n) is 4.69. The number of unbranched alkanes of at least 4 members (excludes halogenated alkanes) is 1. The molecule has 3 nitrogen and oxygen atoms in total. The summed E-state index contributed by atoms with van der Waals surface area (Å²) in [5.41, 5.74) is 1.96. The third-order valence-corrected chi connectivity index (χ3v) is 4.69. The van der Waals surface area contributed by atoms with Crippen LogP contribution in [0.2, 0.25) is 0 Å². The van der Waals surface area contributed by atoms with Crippen LogP contribution in [0.15, 0.2) is 42.5 Å². The Hall–Kier alpha value is -2.81. The molecule has 1 N–H and O–H groups in total. The summed E-state index contributed by atoms with van der Waals surface area (Å²) in [5.74, 6) is -0.483. The van der Waals surface area contributed by atoms with E-state index >= 15 is 0 Å². The SMILES string of the molecule is CCC/C=C/c1c(C)c(C(=O)OCC)c(O)c2c1ccc1ccccc12. The summed E-state index contributed by atoms with van der Waals surface area (Å²) in [4.78, 5) is 12.5. The Kier molecular flexibility index (Phi) is 5.27. The second-order valence-electron chi connectivity index (χ2n) is 6.38. The predicted octanol–water partition coefficient (Wildman–Crippen LogP) is 6.00. The predicted molar refractivity (Wildman–Crippen MR) is 108 cm³/mol. The van der Waals surface area contributed by atoms with Crippen molar-refractivity contribution >= 4 is 33.6 Å². The van der Waals surface area contributed by atoms with Crippen molar-refractivity contribution in [1.82, 2.24) is 0 Å². The van der Waals surface area contributed by atoms with E-state index in [9.17, 15) is 9.90 Å². The van der Waals surface area contributed by atoms with Gasteiger partial charge >= 0.3 is 5.97 Å². The third kappa shape index (κ3) is 3.05. The number of ether oxygens (including phenoxy) is 1. The molecule has 0 aliphatic carbocycles. The first-order chi connectivity index (χ1) is 12.6. The molecule has 0 heterocycles. The summed E-state index contributed by atoms with van der Waals surface area (Å²) < 4.78 is 5.21. The van der Waals surface area contributed by atoms with Crippen LogP contribution in [0.4, 0.5) is 0 Å². The van der Waals surface area contributed by atoms with Crippen molar-refractivity contribution in [2.75, 3.05) is 6.61 Å². The summed E-state index contributed by atoms with van der Waals surface area (Å²) in [6.07, 6.45) is 6.18. The van der Waals surface area contributed by atoms with Gasteiger partial charge in [-0.05, 0) is 47.6 Å². The van der Waals surface area contributed by atoms with Gasteiger partial charge < -0.3 is 9.84 Å².